The van der Waals surface area contributed by atoms with Gasteiger partial charge in [0, 0.05) is 24.2 Å². The molecule has 8 heteroatoms. The molecule has 2 heterocycles. The maximum Gasteiger partial charge on any atom is 0.252 e. The van der Waals surface area contributed by atoms with Crippen molar-refractivity contribution in [2.45, 2.75) is 78.9 Å². The van der Waals surface area contributed by atoms with Crippen LogP contribution in [0.2, 0.25) is 0 Å². The number of benzene rings is 1. The number of aryl methyl sites for hydroxylation is 2. The predicted octanol–water partition coefficient (Wildman–Crippen LogP) is 3.61. The van der Waals surface area contributed by atoms with Gasteiger partial charge in [0.1, 0.15) is 0 Å². The number of aliphatic hydroxyl groups is 1. The normalized spacial score (nSPS) is 13.2. The zero-order valence-corrected chi connectivity index (χ0v) is 20.1. The second-order valence-corrected chi connectivity index (χ2v) is 9.26. The van der Waals surface area contributed by atoms with Gasteiger partial charge in [-0.1, -0.05) is 20.3 Å². The number of rotatable bonds is 10. The van der Waals surface area contributed by atoms with Gasteiger partial charge < -0.3 is 10.1 Å². The fraction of sp³-hybridized carbons (Fsp3) is 0.583. The molecule has 0 aliphatic carbocycles. The molecule has 8 nitrogen and oxygen atoms in total. The van der Waals surface area contributed by atoms with E-state index in [1.54, 1.807) is 0 Å². The molecule has 2 N–H and O–H groups in total. The zero-order valence-electron chi connectivity index (χ0n) is 20.1. The number of hydrogen-bond donors (Lipinski definition) is 2. The number of nitrogens with zero attached hydrogens (tertiary/aromatic N) is 5. The molecule has 174 valence electrons. The zero-order chi connectivity index (χ0) is 23.5. The number of hydrogen-bond acceptors (Lipinski definition) is 6. The van der Waals surface area contributed by atoms with Gasteiger partial charge in [0.2, 0.25) is 0 Å². The van der Waals surface area contributed by atoms with Crippen LogP contribution in [0.1, 0.15) is 75.5 Å². The number of aromatic amines is 1. The van der Waals surface area contributed by atoms with Crippen LogP contribution in [-0.2, 0) is 12.1 Å². The van der Waals surface area contributed by atoms with Crippen LogP contribution in [0.4, 0.5) is 0 Å². The molecule has 1 atom stereocenters. The first-order valence-electron chi connectivity index (χ1n) is 11.5. The molecular formula is C24H36N6O2. The van der Waals surface area contributed by atoms with Gasteiger partial charge in [-0.25, -0.2) is 4.68 Å². The summed E-state index contributed by atoms with van der Waals surface area (Å²) in [6.45, 7) is 13.4. The van der Waals surface area contributed by atoms with Crippen molar-refractivity contribution in [1.82, 2.24) is 30.1 Å². The first kappa shape index (κ1) is 24.1. The molecule has 0 saturated heterocycles. The Hall–Kier alpha value is -2.58. The highest BCUT2D eigenvalue weighted by Gasteiger charge is 2.31. The van der Waals surface area contributed by atoms with E-state index in [1.807, 2.05) is 23.7 Å². The summed E-state index contributed by atoms with van der Waals surface area (Å²) in [7, 11) is 0. The van der Waals surface area contributed by atoms with Gasteiger partial charge in [0.25, 0.3) is 5.56 Å². The first-order valence-corrected chi connectivity index (χ1v) is 11.5. The van der Waals surface area contributed by atoms with Crippen LogP contribution in [0.25, 0.3) is 10.9 Å². The average molecular weight is 441 g/mol. The summed E-state index contributed by atoms with van der Waals surface area (Å²) in [5.74, 6) is 0.774. The first-order chi connectivity index (χ1) is 15.2. The molecule has 3 rings (SSSR count). The molecule has 0 fully saturated rings. The number of nitrogens with one attached hydrogen (secondary N) is 1. The Kier molecular flexibility index (Phi) is 7.46. The standard InChI is InChI=1S/C24H36N6O2/c1-7-9-21(22-26-27-28-30(22)24(5,6)8-2)29(10-11-31)15-19-14-18-12-16(3)17(4)13-20(18)25-23(19)32/h12-14,21,31H,7-11,15H2,1-6H3,(H,25,32)/t21-/m0/s1. The third-order valence-corrected chi connectivity index (χ3v) is 6.53. The van der Waals surface area contributed by atoms with Crippen LogP contribution in [0.5, 0.6) is 0 Å². The Morgan fingerprint density at radius 3 is 2.56 bits per heavy atom. The molecule has 0 bridgehead atoms. The van der Waals surface area contributed by atoms with Crippen LogP contribution in [-0.4, -0.2) is 48.3 Å². The summed E-state index contributed by atoms with van der Waals surface area (Å²) in [5, 5.41) is 23.5. The van der Waals surface area contributed by atoms with Crippen molar-refractivity contribution in [1.29, 1.82) is 0 Å². The molecule has 0 spiro atoms. The second-order valence-electron chi connectivity index (χ2n) is 9.26. The molecule has 0 radical (unpaired) electrons. The third-order valence-electron chi connectivity index (χ3n) is 6.53. The highest BCUT2D eigenvalue weighted by Crippen LogP contribution is 2.29. The van der Waals surface area contributed by atoms with Gasteiger partial charge in [-0.2, -0.15) is 0 Å². The van der Waals surface area contributed by atoms with Crippen molar-refractivity contribution in [3.8, 4) is 0 Å². The lowest BCUT2D eigenvalue weighted by Crippen LogP contribution is -2.37. The third kappa shape index (κ3) is 4.91. The van der Waals surface area contributed by atoms with Crippen LogP contribution in [0, 0.1) is 13.8 Å². The summed E-state index contributed by atoms with van der Waals surface area (Å²) in [6, 6.07) is 5.98. The Labute approximate surface area is 189 Å². The summed E-state index contributed by atoms with van der Waals surface area (Å²) >= 11 is 0. The Morgan fingerprint density at radius 2 is 1.91 bits per heavy atom. The minimum atomic E-state index is -0.231. The van der Waals surface area contributed by atoms with E-state index in [1.165, 1.54) is 5.56 Å². The quantitative estimate of drug-likeness (QED) is 0.500. The van der Waals surface area contributed by atoms with Crippen LogP contribution in [0.3, 0.4) is 0 Å². The molecule has 0 aliphatic heterocycles. The fourth-order valence-corrected chi connectivity index (χ4v) is 4.06. The summed E-state index contributed by atoms with van der Waals surface area (Å²) in [5.41, 5.74) is 3.51. The van der Waals surface area contributed by atoms with E-state index in [0.29, 0.717) is 18.7 Å². The topological polar surface area (TPSA) is 99.9 Å². The molecule has 0 saturated carbocycles. The highest BCUT2D eigenvalue weighted by molar-refractivity contribution is 5.80. The summed E-state index contributed by atoms with van der Waals surface area (Å²) in [4.78, 5) is 18.1. The van der Waals surface area contributed by atoms with Crippen molar-refractivity contribution in [3.63, 3.8) is 0 Å². The minimum absolute atomic E-state index is 0.0112. The van der Waals surface area contributed by atoms with Crippen LogP contribution < -0.4 is 5.56 Å². The average Bonchev–Trinajstić information content (AvgIpc) is 3.24. The van der Waals surface area contributed by atoms with E-state index in [0.717, 1.165) is 41.6 Å². The van der Waals surface area contributed by atoms with Gasteiger partial charge >= 0.3 is 0 Å². The summed E-state index contributed by atoms with van der Waals surface area (Å²) < 4.78 is 1.90. The molecular weight excluding hydrogens is 404 g/mol. The van der Waals surface area contributed by atoms with E-state index in [2.05, 4.69) is 66.1 Å². The van der Waals surface area contributed by atoms with Crippen molar-refractivity contribution in [2.24, 2.45) is 0 Å². The number of pyridine rings is 1. The van der Waals surface area contributed by atoms with Gasteiger partial charge in [-0.05, 0) is 85.7 Å². The maximum absolute atomic E-state index is 12.9. The lowest BCUT2D eigenvalue weighted by atomic mass is 10.0. The van der Waals surface area contributed by atoms with Crippen LogP contribution in [0.15, 0.2) is 23.0 Å². The molecule has 0 amide bonds. The highest BCUT2D eigenvalue weighted by atomic mass is 16.3. The monoisotopic (exact) mass is 440 g/mol. The fourth-order valence-electron chi connectivity index (χ4n) is 4.06. The smallest absolute Gasteiger partial charge is 0.252 e. The van der Waals surface area contributed by atoms with Crippen molar-refractivity contribution in [2.75, 3.05) is 13.2 Å². The van der Waals surface area contributed by atoms with Crippen molar-refractivity contribution < 1.29 is 5.11 Å². The van der Waals surface area contributed by atoms with E-state index in [-0.39, 0.29) is 23.7 Å². The number of aromatic nitrogens is 5. The van der Waals surface area contributed by atoms with Crippen molar-refractivity contribution >= 4 is 10.9 Å². The SMILES string of the molecule is CCC[C@@H](c1nnnn1C(C)(C)CC)N(CCO)Cc1cc2cc(C)c(C)cc2[nH]c1=O. The van der Waals surface area contributed by atoms with Crippen molar-refractivity contribution in [3.05, 3.63) is 51.1 Å². The van der Waals surface area contributed by atoms with Gasteiger partial charge in [-0.15, -0.1) is 5.10 Å². The van der Waals surface area contributed by atoms with Gasteiger partial charge in [0.15, 0.2) is 5.82 Å². The van der Waals surface area contributed by atoms with Crippen LogP contribution >= 0.6 is 0 Å². The minimum Gasteiger partial charge on any atom is -0.395 e. The van der Waals surface area contributed by atoms with E-state index < -0.39 is 0 Å². The Morgan fingerprint density at radius 1 is 1.19 bits per heavy atom. The molecule has 2 aromatic heterocycles. The lowest BCUT2D eigenvalue weighted by molar-refractivity contribution is 0.122. The molecule has 32 heavy (non-hydrogen) atoms. The predicted molar refractivity (Wildman–Crippen MR) is 127 cm³/mol. The Bertz CT molecular complexity index is 1120. The Balaban J connectivity index is 2.03. The maximum atomic E-state index is 12.9. The van der Waals surface area contributed by atoms with E-state index in [4.69, 9.17) is 0 Å². The number of tetrazole rings is 1. The lowest BCUT2D eigenvalue weighted by Gasteiger charge is -2.33. The second kappa shape index (κ2) is 9.92. The summed E-state index contributed by atoms with van der Waals surface area (Å²) in [6.07, 6.45) is 2.63. The van der Waals surface area contributed by atoms with Gasteiger partial charge in [-0.3, -0.25) is 9.69 Å². The molecule has 3 aromatic rings. The number of fused-ring (bicyclic) bond motifs is 1. The number of aliphatic hydroxyl groups excluding tert-OH is 1. The molecule has 0 aliphatic rings. The van der Waals surface area contributed by atoms with E-state index >= 15 is 0 Å². The van der Waals surface area contributed by atoms with E-state index in [9.17, 15) is 9.90 Å². The largest absolute Gasteiger partial charge is 0.395 e. The van der Waals surface area contributed by atoms with Gasteiger partial charge in [0.05, 0.1) is 18.2 Å². The number of H-pyrrole nitrogens is 1. The molecule has 1 aromatic carbocycles. The molecule has 0 unspecified atom stereocenters.